The van der Waals surface area contributed by atoms with E-state index in [9.17, 15) is 19.7 Å². The molecule has 1 heterocycles. The Labute approximate surface area is 141 Å². The molecule has 0 aliphatic heterocycles. The fraction of sp³-hybridized carbons (Fsp3) is 0.176. The molecule has 3 rings (SSSR count). The molecule has 1 N–H and O–H groups in total. The van der Waals surface area contributed by atoms with Crippen LogP contribution < -0.4 is 11.1 Å². The number of amides is 1. The van der Waals surface area contributed by atoms with Gasteiger partial charge in [0.1, 0.15) is 6.54 Å². The van der Waals surface area contributed by atoms with Crippen molar-refractivity contribution in [2.45, 2.75) is 19.9 Å². The van der Waals surface area contributed by atoms with Gasteiger partial charge >= 0.3 is 5.76 Å². The number of carbonyl (C=O) groups is 1. The van der Waals surface area contributed by atoms with Crippen LogP contribution in [-0.2, 0) is 17.8 Å². The average Bonchev–Trinajstić information content (AvgIpc) is 2.90. The van der Waals surface area contributed by atoms with Gasteiger partial charge in [-0.15, -0.1) is 0 Å². The fourth-order valence-electron chi connectivity index (χ4n) is 2.60. The molecule has 0 aliphatic carbocycles. The van der Waals surface area contributed by atoms with Gasteiger partial charge in [0.2, 0.25) is 5.91 Å². The summed E-state index contributed by atoms with van der Waals surface area (Å²) in [5.74, 6) is -1.16. The molecule has 8 heteroatoms. The van der Waals surface area contributed by atoms with Crippen LogP contribution in [0.3, 0.4) is 0 Å². The van der Waals surface area contributed by atoms with E-state index in [1.807, 2.05) is 19.1 Å². The van der Waals surface area contributed by atoms with Crippen molar-refractivity contribution < 1.29 is 14.1 Å². The number of rotatable bonds is 5. The highest BCUT2D eigenvalue weighted by Crippen LogP contribution is 2.20. The van der Waals surface area contributed by atoms with Crippen molar-refractivity contribution in [3.63, 3.8) is 0 Å². The van der Waals surface area contributed by atoms with Crippen molar-refractivity contribution in [1.29, 1.82) is 0 Å². The number of hydrogen-bond acceptors (Lipinski definition) is 5. The van der Waals surface area contributed by atoms with E-state index in [4.69, 9.17) is 4.42 Å². The first-order valence-corrected chi connectivity index (χ1v) is 7.65. The molecule has 1 aromatic heterocycles. The third kappa shape index (κ3) is 3.27. The lowest BCUT2D eigenvalue weighted by Crippen LogP contribution is -2.25. The van der Waals surface area contributed by atoms with E-state index in [2.05, 4.69) is 5.32 Å². The molecule has 25 heavy (non-hydrogen) atoms. The van der Waals surface area contributed by atoms with Gasteiger partial charge in [-0.1, -0.05) is 25.1 Å². The van der Waals surface area contributed by atoms with Gasteiger partial charge in [-0.25, -0.2) is 4.79 Å². The number of nitro benzene ring substituents is 1. The van der Waals surface area contributed by atoms with Crippen molar-refractivity contribution in [1.82, 2.24) is 4.57 Å². The fourth-order valence-corrected chi connectivity index (χ4v) is 2.60. The third-order valence-corrected chi connectivity index (χ3v) is 3.84. The third-order valence-electron chi connectivity index (χ3n) is 3.84. The molecule has 3 aromatic rings. The van der Waals surface area contributed by atoms with Crippen LogP contribution in [0.5, 0.6) is 0 Å². The van der Waals surface area contributed by atoms with Crippen LogP contribution in [-0.4, -0.2) is 15.4 Å². The highest BCUT2D eigenvalue weighted by molar-refractivity contribution is 5.92. The number of nitrogens with one attached hydrogen (secondary N) is 1. The molecule has 0 saturated carbocycles. The minimum absolute atomic E-state index is 0.182. The van der Waals surface area contributed by atoms with Crippen molar-refractivity contribution in [2.24, 2.45) is 0 Å². The number of nitrogens with zero attached hydrogens (tertiary/aromatic N) is 2. The summed E-state index contributed by atoms with van der Waals surface area (Å²) >= 11 is 0. The van der Waals surface area contributed by atoms with Gasteiger partial charge < -0.3 is 9.73 Å². The summed E-state index contributed by atoms with van der Waals surface area (Å²) in [4.78, 5) is 34.6. The number of carbonyl (C=O) groups excluding carboxylic acids is 1. The Morgan fingerprint density at radius 1 is 1.28 bits per heavy atom. The van der Waals surface area contributed by atoms with Crippen LogP contribution in [0.2, 0.25) is 0 Å². The molecule has 0 bridgehead atoms. The van der Waals surface area contributed by atoms with E-state index < -0.39 is 16.6 Å². The number of oxazole rings is 1. The van der Waals surface area contributed by atoms with Gasteiger partial charge in [-0.2, -0.15) is 0 Å². The van der Waals surface area contributed by atoms with Crippen molar-refractivity contribution in [3.05, 3.63) is 68.7 Å². The molecule has 0 atom stereocenters. The average molecular weight is 341 g/mol. The second-order valence-electron chi connectivity index (χ2n) is 5.42. The van der Waals surface area contributed by atoms with E-state index >= 15 is 0 Å². The Kier molecular flexibility index (Phi) is 4.34. The maximum atomic E-state index is 12.3. The Morgan fingerprint density at radius 3 is 2.76 bits per heavy atom. The Hall–Kier alpha value is -3.42. The van der Waals surface area contributed by atoms with Crippen LogP contribution in [0.25, 0.3) is 11.1 Å². The Morgan fingerprint density at radius 2 is 2.04 bits per heavy atom. The lowest BCUT2D eigenvalue weighted by molar-refractivity contribution is -0.384. The topological polar surface area (TPSA) is 107 Å². The monoisotopic (exact) mass is 341 g/mol. The zero-order valence-corrected chi connectivity index (χ0v) is 13.4. The molecule has 0 saturated heterocycles. The van der Waals surface area contributed by atoms with Crippen LogP contribution in [0.1, 0.15) is 12.5 Å². The molecule has 0 unspecified atom stereocenters. The zero-order chi connectivity index (χ0) is 18.0. The number of anilines is 1. The molecule has 128 valence electrons. The van der Waals surface area contributed by atoms with Crippen molar-refractivity contribution in [2.75, 3.05) is 5.32 Å². The minimum Gasteiger partial charge on any atom is -0.408 e. The molecule has 1 amide bonds. The predicted molar refractivity (Wildman–Crippen MR) is 91.6 cm³/mol. The van der Waals surface area contributed by atoms with E-state index in [1.54, 1.807) is 12.1 Å². The number of fused-ring (bicyclic) bond motifs is 1. The number of hydrogen-bond donors (Lipinski definition) is 1. The summed E-state index contributed by atoms with van der Waals surface area (Å²) in [6, 6.07) is 11.2. The molecule has 0 aliphatic rings. The van der Waals surface area contributed by atoms with E-state index in [1.165, 1.54) is 18.2 Å². The van der Waals surface area contributed by atoms with E-state index in [0.29, 0.717) is 5.69 Å². The zero-order valence-electron chi connectivity index (χ0n) is 13.4. The largest absolute Gasteiger partial charge is 0.420 e. The molecule has 0 radical (unpaired) electrons. The molecular formula is C17H15N3O5. The number of aromatic nitrogens is 1. The lowest BCUT2D eigenvalue weighted by Gasteiger charge is -2.09. The molecule has 0 spiro atoms. The molecule has 2 aromatic carbocycles. The van der Waals surface area contributed by atoms with E-state index in [-0.39, 0.29) is 23.3 Å². The Balaban J connectivity index is 1.90. The second kappa shape index (κ2) is 6.60. The summed E-state index contributed by atoms with van der Waals surface area (Å²) in [6.07, 6.45) is 0.747. The lowest BCUT2D eigenvalue weighted by atomic mass is 10.1. The molecule has 0 fully saturated rings. The molecule has 8 nitrogen and oxygen atoms in total. The van der Waals surface area contributed by atoms with E-state index in [0.717, 1.165) is 16.6 Å². The molecular weight excluding hydrogens is 326 g/mol. The number of aryl methyl sites for hydroxylation is 1. The van der Waals surface area contributed by atoms with Crippen molar-refractivity contribution in [3.8, 4) is 0 Å². The highest BCUT2D eigenvalue weighted by atomic mass is 16.6. The summed E-state index contributed by atoms with van der Waals surface area (Å²) < 4.78 is 6.11. The van der Waals surface area contributed by atoms with Crippen molar-refractivity contribution >= 4 is 28.4 Å². The SMILES string of the molecule is CCc1ccccc1NC(=O)Cn1c(=O)oc2ccc([N+](=O)[O-])cc21. The van der Waals surface area contributed by atoms with Gasteiger partial charge in [-0.3, -0.25) is 19.5 Å². The minimum atomic E-state index is -0.741. The highest BCUT2D eigenvalue weighted by Gasteiger charge is 2.16. The van der Waals surface area contributed by atoms with Gasteiger partial charge in [-0.05, 0) is 24.1 Å². The first-order valence-electron chi connectivity index (χ1n) is 7.65. The number of benzene rings is 2. The van der Waals surface area contributed by atoms with Gasteiger partial charge in [0.05, 0.1) is 10.4 Å². The van der Waals surface area contributed by atoms with Gasteiger partial charge in [0.25, 0.3) is 5.69 Å². The van der Waals surface area contributed by atoms with Gasteiger partial charge in [0, 0.05) is 17.8 Å². The smallest absolute Gasteiger partial charge is 0.408 e. The quantitative estimate of drug-likeness (QED) is 0.567. The predicted octanol–water partition coefficient (Wildman–Crippen LogP) is 2.70. The Bertz CT molecular complexity index is 1020. The van der Waals surface area contributed by atoms with Crippen LogP contribution in [0, 0.1) is 10.1 Å². The maximum absolute atomic E-state index is 12.3. The van der Waals surface area contributed by atoms with Crippen LogP contribution in [0.4, 0.5) is 11.4 Å². The first-order chi connectivity index (χ1) is 12.0. The van der Waals surface area contributed by atoms with Gasteiger partial charge in [0.15, 0.2) is 5.58 Å². The standard InChI is InChI=1S/C17H15N3O5/c1-2-11-5-3-4-6-13(11)18-16(21)10-19-14-9-12(20(23)24)7-8-15(14)25-17(19)22/h3-9H,2,10H2,1H3,(H,18,21). The van der Waals surface area contributed by atoms with Crippen LogP contribution >= 0.6 is 0 Å². The number of non-ortho nitro benzene ring substituents is 1. The summed E-state index contributed by atoms with van der Waals surface area (Å²) in [5, 5.41) is 13.7. The summed E-state index contributed by atoms with van der Waals surface area (Å²) in [6.45, 7) is 1.67. The summed E-state index contributed by atoms with van der Waals surface area (Å²) in [5.41, 5.74) is 1.85. The normalized spacial score (nSPS) is 10.8. The second-order valence-corrected chi connectivity index (χ2v) is 5.42. The van der Waals surface area contributed by atoms with Crippen LogP contribution in [0.15, 0.2) is 51.7 Å². The number of para-hydroxylation sites is 1. The number of nitro groups is 1. The maximum Gasteiger partial charge on any atom is 0.420 e. The first kappa shape index (κ1) is 16.4. The summed E-state index contributed by atoms with van der Waals surface area (Å²) in [7, 11) is 0.